The molecule has 2 aliphatic rings. The van der Waals surface area contributed by atoms with Crippen molar-refractivity contribution in [2.75, 3.05) is 0 Å². The fraction of sp³-hybridized carbons (Fsp3) is 0.909. The average molecular weight is 197 g/mol. The van der Waals surface area contributed by atoms with Gasteiger partial charge in [0.25, 0.3) is 0 Å². The van der Waals surface area contributed by atoms with Crippen LogP contribution in [0.4, 0.5) is 4.79 Å². The summed E-state index contributed by atoms with van der Waals surface area (Å²) in [5.41, 5.74) is 0.455. The molecule has 2 saturated carbocycles. The minimum Gasteiger partial charge on any atom is -0.465 e. The zero-order valence-electron chi connectivity index (χ0n) is 9.13. The Kier molecular flexibility index (Phi) is 1.85. The highest BCUT2D eigenvalue weighted by Crippen LogP contribution is 2.65. The third-order valence-electron chi connectivity index (χ3n) is 5.09. The Bertz CT molecular complexity index is 274. The van der Waals surface area contributed by atoms with Crippen molar-refractivity contribution in [3.8, 4) is 0 Å². The van der Waals surface area contributed by atoms with E-state index in [0.29, 0.717) is 11.3 Å². The molecule has 80 valence electrons. The van der Waals surface area contributed by atoms with Crippen molar-refractivity contribution in [2.45, 2.75) is 46.1 Å². The molecule has 3 nitrogen and oxygen atoms in total. The topological polar surface area (TPSA) is 49.3 Å². The predicted octanol–water partition coefficient (Wildman–Crippen LogP) is 2.47. The Labute approximate surface area is 84.9 Å². The molecule has 2 fully saturated rings. The van der Waals surface area contributed by atoms with Crippen molar-refractivity contribution in [2.24, 2.45) is 16.7 Å². The van der Waals surface area contributed by atoms with E-state index < -0.39 is 6.09 Å². The molecule has 3 atom stereocenters. The molecular formula is C11H19NO2. The van der Waals surface area contributed by atoms with Gasteiger partial charge in [0.1, 0.15) is 0 Å². The van der Waals surface area contributed by atoms with Crippen LogP contribution < -0.4 is 5.32 Å². The van der Waals surface area contributed by atoms with Gasteiger partial charge in [-0.25, -0.2) is 4.79 Å². The van der Waals surface area contributed by atoms with Gasteiger partial charge in [0, 0.05) is 6.04 Å². The third kappa shape index (κ3) is 1.01. The van der Waals surface area contributed by atoms with Gasteiger partial charge in [0.05, 0.1) is 0 Å². The van der Waals surface area contributed by atoms with E-state index in [1.165, 1.54) is 6.42 Å². The minimum absolute atomic E-state index is 0.161. The molecule has 0 aromatic rings. The molecule has 2 aliphatic carbocycles. The summed E-state index contributed by atoms with van der Waals surface area (Å²) in [5.74, 6) is 0.698. The van der Waals surface area contributed by atoms with Crippen LogP contribution in [0.3, 0.4) is 0 Å². The average Bonchev–Trinajstić information content (AvgIpc) is 2.35. The lowest BCUT2D eigenvalue weighted by molar-refractivity contribution is 0.115. The largest absolute Gasteiger partial charge is 0.465 e. The summed E-state index contributed by atoms with van der Waals surface area (Å²) < 4.78 is 0. The normalized spacial score (nSPS) is 43.9. The molecule has 3 heteroatoms. The molecule has 1 amide bonds. The lowest BCUT2D eigenvalue weighted by Crippen LogP contribution is -2.46. The first-order valence-corrected chi connectivity index (χ1v) is 5.37. The summed E-state index contributed by atoms with van der Waals surface area (Å²) in [5, 5.41) is 11.5. The highest BCUT2D eigenvalue weighted by Gasteiger charge is 2.61. The summed E-state index contributed by atoms with van der Waals surface area (Å²) in [7, 11) is 0. The monoisotopic (exact) mass is 197 g/mol. The van der Waals surface area contributed by atoms with Crippen molar-refractivity contribution in [3.63, 3.8) is 0 Å². The maximum Gasteiger partial charge on any atom is 0.404 e. The summed E-state index contributed by atoms with van der Waals surface area (Å²) in [6.07, 6.45) is 2.58. The smallest absolute Gasteiger partial charge is 0.404 e. The number of rotatable bonds is 1. The predicted molar refractivity (Wildman–Crippen MR) is 54.2 cm³/mol. The molecular weight excluding hydrogens is 178 g/mol. The second-order valence-electron chi connectivity index (χ2n) is 5.61. The summed E-state index contributed by atoms with van der Waals surface area (Å²) in [6.45, 7) is 6.81. The van der Waals surface area contributed by atoms with Gasteiger partial charge in [-0.1, -0.05) is 20.8 Å². The Hall–Kier alpha value is -0.730. The van der Waals surface area contributed by atoms with Gasteiger partial charge < -0.3 is 10.4 Å². The van der Waals surface area contributed by atoms with Gasteiger partial charge in [-0.3, -0.25) is 0 Å². The van der Waals surface area contributed by atoms with Gasteiger partial charge in [0.15, 0.2) is 0 Å². The number of hydrogen-bond acceptors (Lipinski definition) is 1. The molecule has 14 heavy (non-hydrogen) atoms. The van der Waals surface area contributed by atoms with Crippen molar-refractivity contribution in [3.05, 3.63) is 0 Å². The highest BCUT2D eigenvalue weighted by atomic mass is 16.4. The van der Waals surface area contributed by atoms with Gasteiger partial charge in [-0.05, 0) is 36.0 Å². The Morgan fingerprint density at radius 2 is 2.07 bits per heavy atom. The first-order valence-electron chi connectivity index (χ1n) is 5.37. The van der Waals surface area contributed by atoms with E-state index in [0.717, 1.165) is 12.8 Å². The van der Waals surface area contributed by atoms with Crippen LogP contribution in [0.2, 0.25) is 0 Å². The summed E-state index contributed by atoms with van der Waals surface area (Å²) in [4.78, 5) is 10.7. The second-order valence-corrected chi connectivity index (χ2v) is 5.61. The van der Waals surface area contributed by atoms with E-state index in [-0.39, 0.29) is 11.5 Å². The molecule has 0 unspecified atom stereocenters. The molecule has 0 radical (unpaired) electrons. The van der Waals surface area contributed by atoms with Crippen LogP contribution in [0.25, 0.3) is 0 Å². The molecule has 2 bridgehead atoms. The maximum atomic E-state index is 10.7. The fourth-order valence-corrected chi connectivity index (χ4v) is 3.57. The highest BCUT2D eigenvalue weighted by molar-refractivity contribution is 5.65. The summed E-state index contributed by atoms with van der Waals surface area (Å²) >= 11 is 0. The van der Waals surface area contributed by atoms with Gasteiger partial charge in [-0.2, -0.15) is 0 Å². The van der Waals surface area contributed by atoms with Crippen molar-refractivity contribution in [1.29, 1.82) is 0 Å². The molecule has 0 aromatic carbocycles. The Morgan fingerprint density at radius 1 is 1.43 bits per heavy atom. The zero-order chi connectivity index (χ0) is 10.6. The van der Waals surface area contributed by atoms with Crippen LogP contribution in [0, 0.1) is 16.7 Å². The third-order valence-corrected chi connectivity index (χ3v) is 5.09. The number of amides is 1. The molecule has 2 N–H and O–H groups in total. The van der Waals surface area contributed by atoms with E-state index in [9.17, 15) is 4.79 Å². The molecule has 0 aliphatic heterocycles. The number of carbonyl (C=O) groups is 1. The molecule has 0 spiro atoms. The summed E-state index contributed by atoms with van der Waals surface area (Å²) in [6, 6.07) is 0.161. The number of fused-ring (bicyclic) bond motifs is 2. The van der Waals surface area contributed by atoms with E-state index in [4.69, 9.17) is 5.11 Å². The lowest BCUT2D eigenvalue weighted by Gasteiger charge is -2.38. The Morgan fingerprint density at radius 3 is 2.43 bits per heavy atom. The molecule has 0 heterocycles. The number of nitrogens with one attached hydrogen (secondary N) is 1. The van der Waals surface area contributed by atoms with Crippen LogP contribution in [-0.4, -0.2) is 17.2 Å². The van der Waals surface area contributed by atoms with Gasteiger partial charge >= 0.3 is 6.09 Å². The van der Waals surface area contributed by atoms with E-state index in [1.807, 2.05) is 0 Å². The van der Waals surface area contributed by atoms with Crippen LogP contribution in [-0.2, 0) is 0 Å². The van der Waals surface area contributed by atoms with Gasteiger partial charge in [-0.15, -0.1) is 0 Å². The van der Waals surface area contributed by atoms with Crippen LogP contribution in [0.1, 0.15) is 40.0 Å². The first-order chi connectivity index (χ1) is 6.38. The van der Waals surface area contributed by atoms with Crippen LogP contribution in [0.5, 0.6) is 0 Å². The van der Waals surface area contributed by atoms with E-state index >= 15 is 0 Å². The fourth-order valence-electron chi connectivity index (χ4n) is 3.57. The van der Waals surface area contributed by atoms with Gasteiger partial charge in [0.2, 0.25) is 0 Å². The van der Waals surface area contributed by atoms with Crippen molar-refractivity contribution >= 4 is 6.09 Å². The minimum atomic E-state index is -0.875. The maximum absolute atomic E-state index is 10.7. The standard InChI is InChI=1S/C11H19NO2/c1-10(2)7-4-5-11(10,3)8(6-7)12-9(13)14/h7-8,12H,4-6H2,1-3H3,(H,13,14)/t7-,8+,11+/m1/s1. The van der Waals surface area contributed by atoms with E-state index in [2.05, 4.69) is 26.1 Å². The zero-order valence-corrected chi connectivity index (χ0v) is 9.13. The number of hydrogen-bond donors (Lipinski definition) is 2. The molecule has 0 saturated heterocycles. The SMILES string of the molecule is CC1(C)[C@@H]2CC[C@@]1(C)[C@@H](NC(=O)O)C2. The Balaban J connectivity index is 2.23. The van der Waals surface area contributed by atoms with Crippen molar-refractivity contribution < 1.29 is 9.90 Å². The van der Waals surface area contributed by atoms with Crippen molar-refractivity contribution in [1.82, 2.24) is 5.32 Å². The number of carboxylic acid groups (broad SMARTS) is 1. The van der Waals surface area contributed by atoms with E-state index in [1.54, 1.807) is 0 Å². The molecule has 0 aromatic heterocycles. The van der Waals surface area contributed by atoms with Crippen LogP contribution in [0.15, 0.2) is 0 Å². The quantitative estimate of drug-likeness (QED) is 0.678. The lowest BCUT2D eigenvalue weighted by atomic mass is 9.69. The first kappa shape index (κ1) is 9.81. The van der Waals surface area contributed by atoms with Crippen LogP contribution >= 0.6 is 0 Å². The second kappa shape index (κ2) is 2.65. The molecule has 2 rings (SSSR count).